The predicted molar refractivity (Wildman–Crippen MR) is 115 cm³/mol. The van der Waals surface area contributed by atoms with Gasteiger partial charge in [-0.1, -0.05) is 18.2 Å². The van der Waals surface area contributed by atoms with E-state index in [1.165, 1.54) is 11.9 Å². The Balaban J connectivity index is 1.69. The third kappa shape index (κ3) is 3.91. The summed E-state index contributed by atoms with van der Waals surface area (Å²) in [5.74, 6) is -0.238. The molecule has 1 aliphatic heterocycles. The van der Waals surface area contributed by atoms with Crippen molar-refractivity contribution in [3.05, 3.63) is 76.2 Å². The molecule has 0 amide bonds. The molecule has 0 bridgehead atoms. The normalized spacial score (nSPS) is 12.8. The second-order valence-corrected chi connectivity index (χ2v) is 7.67. The largest absolute Gasteiger partial charge is 0.508 e. The van der Waals surface area contributed by atoms with Gasteiger partial charge < -0.3 is 14.1 Å². The van der Waals surface area contributed by atoms with E-state index >= 15 is 0 Å². The zero-order valence-corrected chi connectivity index (χ0v) is 16.6. The minimum absolute atomic E-state index is 0.143. The summed E-state index contributed by atoms with van der Waals surface area (Å²) < 4.78 is 7.17. The first kappa shape index (κ1) is 18.9. The number of rotatable bonds is 4. The van der Waals surface area contributed by atoms with Crippen molar-refractivity contribution in [3.8, 4) is 11.8 Å². The number of phenolic OH excluding ortho intramolecular Hbond substituents is 1. The molecule has 1 aliphatic rings. The Bertz CT molecular complexity index is 1180. The van der Waals surface area contributed by atoms with E-state index in [2.05, 4.69) is 12.1 Å². The number of hydrogen-bond donors (Lipinski definition) is 1. The van der Waals surface area contributed by atoms with Crippen LogP contribution in [-0.4, -0.2) is 17.7 Å². The lowest BCUT2D eigenvalue weighted by Gasteiger charge is -2.29. The van der Waals surface area contributed by atoms with E-state index in [1.54, 1.807) is 25.1 Å². The van der Waals surface area contributed by atoms with Crippen LogP contribution in [0, 0.1) is 11.3 Å². The lowest BCUT2D eigenvalue weighted by Crippen LogP contribution is -2.20. The number of carbonyl (C=O) groups is 1. The van der Waals surface area contributed by atoms with Crippen LogP contribution < -0.4 is 4.31 Å². The average molecular weight is 402 g/mol. The van der Waals surface area contributed by atoms with Crippen molar-refractivity contribution in [1.82, 2.24) is 0 Å². The highest BCUT2D eigenvalue weighted by Gasteiger charge is 2.24. The van der Waals surface area contributed by atoms with E-state index in [4.69, 9.17) is 10.00 Å². The summed E-state index contributed by atoms with van der Waals surface area (Å²) in [6.07, 6.45) is 1.74. The smallest absolute Gasteiger partial charge is 0.346 e. The maximum Gasteiger partial charge on any atom is 0.346 e. The number of hydrogen-bond acceptors (Lipinski definition) is 6. The van der Waals surface area contributed by atoms with Crippen LogP contribution in [0.25, 0.3) is 16.8 Å². The molecule has 29 heavy (non-hydrogen) atoms. The Kier molecular flexibility index (Phi) is 5.15. The summed E-state index contributed by atoms with van der Waals surface area (Å²) in [5, 5.41) is 21.1. The molecule has 4 rings (SSSR count). The van der Waals surface area contributed by atoms with Gasteiger partial charge in [0.1, 0.15) is 10.7 Å². The van der Waals surface area contributed by atoms with Gasteiger partial charge >= 0.3 is 5.97 Å². The lowest BCUT2D eigenvalue weighted by atomic mass is 10.0. The van der Waals surface area contributed by atoms with Gasteiger partial charge in [-0.3, -0.25) is 0 Å². The molecule has 3 aromatic rings. The quantitative estimate of drug-likeness (QED) is 0.490. The molecule has 0 unspecified atom stereocenters. The Morgan fingerprint density at radius 1 is 1.14 bits per heavy atom. The number of ether oxygens (including phenoxy) is 1. The summed E-state index contributed by atoms with van der Waals surface area (Å²) in [4.78, 5) is 12.8. The minimum Gasteiger partial charge on any atom is -0.508 e. The molecule has 6 heteroatoms. The molecule has 1 heterocycles. The Hall–Kier alpha value is -3.43. The first-order valence-electron chi connectivity index (χ1n) is 9.17. The van der Waals surface area contributed by atoms with Gasteiger partial charge in [0.15, 0.2) is 0 Å². The summed E-state index contributed by atoms with van der Waals surface area (Å²) >= 11 is 1.32. The van der Waals surface area contributed by atoms with E-state index in [9.17, 15) is 9.90 Å². The Morgan fingerprint density at radius 2 is 1.97 bits per heavy atom. The monoisotopic (exact) mass is 402 g/mol. The zero-order valence-electron chi connectivity index (χ0n) is 15.8. The van der Waals surface area contributed by atoms with Gasteiger partial charge in [0.05, 0.1) is 30.5 Å². The van der Waals surface area contributed by atoms with Gasteiger partial charge in [-0.2, -0.15) is 5.26 Å². The highest BCUT2D eigenvalue weighted by molar-refractivity contribution is 8.05. The third-order valence-electron chi connectivity index (χ3n) is 4.61. The molecule has 0 saturated heterocycles. The van der Waals surface area contributed by atoms with Crippen molar-refractivity contribution in [1.29, 1.82) is 5.26 Å². The van der Waals surface area contributed by atoms with Crippen LogP contribution in [0.1, 0.15) is 23.6 Å². The molecule has 0 fully saturated rings. The number of fused-ring (bicyclic) bond motifs is 2. The van der Waals surface area contributed by atoms with E-state index in [0.29, 0.717) is 23.6 Å². The molecule has 0 aliphatic carbocycles. The van der Waals surface area contributed by atoms with Gasteiger partial charge in [0.2, 0.25) is 0 Å². The minimum atomic E-state index is -0.381. The van der Waals surface area contributed by atoms with E-state index in [0.717, 1.165) is 27.6 Å². The zero-order chi connectivity index (χ0) is 20.4. The summed E-state index contributed by atoms with van der Waals surface area (Å²) in [6.45, 7) is 2.62. The highest BCUT2D eigenvalue weighted by atomic mass is 32.2. The highest BCUT2D eigenvalue weighted by Crippen LogP contribution is 2.41. The first-order valence-corrected chi connectivity index (χ1v) is 9.95. The van der Waals surface area contributed by atoms with Crippen LogP contribution in [0.15, 0.2) is 59.5 Å². The van der Waals surface area contributed by atoms with Gasteiger partial charge in [-0.15, -0.1) is 0 Å². The lowest BCUT2D eigenvalue weighted by molar-refractivity contribution is -0.137. The number of anilines is 1. The Labute approximate surface area is 173 Å². The molecule has 0 atom stereocenters. The van der Waals surface area contributed by atoms with Crippen molar-refractivity contribution in [2.75, 3.05) is 10.9 Å². The van der Waals surface area contributed by atoms with Gasteiger partial charge in [0, 0.05) is 5.56 Å². The second-order valence-electron chi connectivity index (χ2n) is 6.61. The number of aromatic hydroxyl groups is 1. The fourth-order valence-electron chi connectivity index (χ4n) is 3.27. The molecule has 0 spiro atoms. The summed E-state index contributed by atoms with van der Waals surface area (Å²) in [7, 11) is 0. The molecule has 0 radical (unpaired) electrons. The Morgan fingerprint density at radius 3 is 2.76 bits per heavy atom. The molecule has 144 valence electrons. The third-order valence-corrected chi connectivity index (χ3v) is 5.64. The van der Waals surface area contributed by atoms with Gasteiger partial charge in [0.25, 0.3) is 0 Å². The van der Waals surface area contributed by atoms with Crippen LogP contribution >= 0.6 is 11.9 Å². The van der Waals surface area contributed by atoms with Crippen LogP contribution in [0.5, 0.6) is 5.75 Å². The SMILES string of the molecule is CCOC(=O)C1=Cc2cc(O)ccc2N(Cc2ccc3ccc(C#N)cc3c2)S1. The molecular formula is C23H18N2O3S. The number of phenols is 1. The maximum absolute atomic E-state index is 12.3. The number of nitriles is 1. The fraction of sp³-hybridized carbons (Fsp3) is 0.130. The number of esters is 1. The molecule has 0 aromatic heterocycles. The van der Waals surface area contributed by atoms with Crippen molar-refractivity contribution in [2.45, 2.75) is 13.5 Å². The molecular weight excluding hydrogens is 384 g/mol. The number of carbonyl (C=O) groups excluding carboxylic acids is 1. The van der Waals surface area contributed by atoms with Gasteiger partial charge in [-0.05, 0) is 77.7 Å². The summed E-state index contributed by atoms with van der Waals surface area (Å²) in [5.41, 5.74) is 3.34. The van der Waals surface area contributed by atoms with E-state index in [-0.39, 0.29) is 11.7 Å². The molecule has 3 aromatic carbocycles. The van der Waals surface area contributed by atoms with Crippen LogP contribution in [0.4, 0.5) is 5.69 Å². The fourth-order valence-corrected chi connectivity index (χ4v) is 4.29. The first-order chi connectivity index (χ1) is 14.1. The standard InChI is InChI=1S/C23H18N2O3S/c1-2-28-23(27)22-12-19-11-20(26)7-8-21(19)25(29-22)14-16-4-6-17-5-3-15(13-24)9-18(17)10-16/h3-12,26H,2,14H2,1H3. The maximum atomic E-state index is 12.3. The average Bonchev–Trinajstić information content (AvgIpc) is 2.73. The summed E-state index contributed by atoms with van der Waals surface area (Å²) in [6, 6.07) is 19.0. The molecule has 5 nitrogen and oxygen atoms in total. The topological polar surface area (TPSA) is 73.6 Å². The van der Waals surface area contributed by atoms with Crippen LogP contribution in [-0.2, 0) is 16.1 Å². The van der Waals surface area contributed by atoms with E-state index < -0.39 is 0 Å². The molecule has 1 N–H and O–H groups in total. The van der Waals surface area contributed by atoms with E-state index in [1.807, 2.05) is 40.7 Å². The van der Waals surface area contributed by atoms with Crippen molar-refractivity contribution in [2.24, 2.45) is 0 Å². The second kappa shape index (κ2) is 7.90. The van der Waals surface area contributed by atoms with Crippen LogP contribution in [0.3, 0.4) is 0 Å². The number of nitrogens with zero attached hydrogens (tertiary/aromatic N) is 2. The van der Waals surface area contributed by atoms with Crippen LogP contribution in [0.2, 0.25) is 0 Å². The van der Waals surface area contributed by atoms with Crippen molar-refractivity contribution >= 4 is 40.5 Å². The molecule has 0 saturated carbocycles. The van der Waals surface area contributed by atoms with Crippen molar-refractivity contribution < 1.29 is 14.6 Å². The number of benzene rings is 3. The predicted octanol–water partition coefficient (Wildman–Crippen LogP) is 4.99. The van der Waals surface area contributed by atoms with Crippen molar-refractivity contribution in [3.63, 3.8) is 0 Å². The van der Waals surface area contributed by atoms with Gasteiger partial charge in [-0.25, -0.2) is 4.79 Å².